The van der Waals surface area contributed by atoms with Gasteiger partial charge in [-0.3, -0.25) is 4.79 Å². The summed E-state index contributed by atoms with van der Waals surface area (Å²) in [5.41, 5.74) is 1.73. The molecule has 154 valence electrons. The molecule has 0 radical (unpaired) electrons. The van der Waals surface area contributed by atoms with Crippen molar-refractivity contribution in [3.8, 4) is 23.0 Å². The number of hydrogen-bond acceptors (Lipinski definition) is 5. The minimum Gasteiger partial charge on any atom is -0.493 e. The van der Waals surface area contributed by atoms with Crippen LogP contribution in [-0.2, 0) is 11.3 Å². The zero-order valence-electron chi connectivity index (χ0n) is 16.7. The van der Waals surface area contributed by atoms with Crippen LogP contribution in [0.1, 0.15) is 25.0 Å². The van der Waals surface area contributed by atoms with Gasteiger partial charge >= 0.3 is 0 Å². The SMILES string of the molecule is CCOc1ccc(CN(CC)C(=O)/C=C/c2cc(Cl)c3c(c2)OCO3)cc1OC. The predicted molar refractivity (Wildman–Crippen MR) is 112 cm³/mol. The minimum absolute atomic E-state index is 0.103. The number of rotatable bonds is 8. The third-order valence-electron chi connectivity index (χ3n) is 4.46. The number of hydrogen-bond donors (Lipinski definition) is 0. The molecule has 2 aromatic carbocycles. The number of benzene rings is 2. The molecule has 3 rings (SSSR count). The van der Waals surface area contributed by atoms with Crippen molar-refractivity contribution < 1.29 is 23.7 Å². The molecule has 1 amide bonds. The van der Waals surface area contributed by atoms with E-state index in [0.29, 0.717) is 47.7 Å². The summed E-state index contributed by atoms with van der Waals surface area (Å²) in [6.07, 6.45) is 3.25. The fourth-order valence-electron chi connectivity index (χ4n) is 3.01. The molecular formula is C22H24ClNO5. The molecule has 0 spiro atoms. The second-order valence-electron chi connectivity index (χ2n) is 6.34. The van der Waals surface area contributed by atoms with E-state index in [9.17, 15) is 4.79 Å². The largest absolute Gasteiger partial charge is 0.493 e. The van der Waals surface area contributed by atoms with Crippen LogP contribution >= 0.6 is 11.6 Å². The Morgan fingerprint density at radius 2 is 2.03 bits per heavy atom. The highest BCUT2D eigenvalue weighted by atomic mass is 35.5. The molecule has 6 nitrogen and oxygen atoms in total. The quantitative estimate of drug-likeness (QED) is 0.590. The molecule has 0 aliphatic carbocycles. The molecule has 0 unspecified atom stereocenters. The lowest BCUT2D eigenvalue weighted by Gasteiger charge is -2.20. The van der Waals surface area contributed by atoms with Crippen LogP contribution in [0.25, 0.3) is 6.08 Å². The number of likely N-dealkylation sites (N-methyl/N-ethyl adjacent to an activating group) is 1. The van der Waals surface area contributed by atoms with Gasteiger partial charge in [-0.05, 0) is 55.3 Å². The summed E-state index contributed by atoms with van der Waals surface area (Å²) in [7, 11) is 1.60. The average Bonchev–Trinajstić information content (AvgIpc) is 3.20. The first kappa shape index (κ1) is 20.9. The van der Waals surface area contributed by atoms with Crippen molar-refractivity contribution in [2.45, 2.75) is 20.4 Å². The molecule has 7 heteroatoms. The Bertz CT molecular complexity index is 912. The van der Waals surface area contributed by atoms with Crippen LogP contribution in [0.5, 0.6) is 23.0 Å². The summed E-state index contributed by atoms with van der Waals surface area (Å²) in [6, 6.07) is 9.23. The molecule has 0 aromatic heterocycles. The van der Waals surface area contributed by atoms with Crippen molar-refractivity contribution in [3.63, 3.8) is 0 Å². The van der Waals surface area contributed by atoms with Crippen molar-refractivity contribution in [3.05, 3.63) is 52.6 Å². The second-order valence-corrected chi connectivity index (χ2v) is 6.75. The van der Waals surface area contributed by atoms with E-state index in [1.54, 1.807) is 30.2 Å². The van der Waals surface area contributed by atoms with Crippen LogP contribution in [0.2, 0.25) is 5.02 Å². The Balaban J connectivity index is 1.71. The fourth-order valence-corrected chi connectivity index (χ4v) is 3.28. The number of methoxy groups -OCH3 is 1. The van der Waals surface area contributed by atoms with Crippen molar-refractivity contribution in [1.82, 2.24) is 4.90 Å². The van der Waals surface area contributed by atoms with E-state index < -0.39 is 0 Å². The van der Waals surface area contributed by atoms with E-state index in [0.717, 1.165) is 11.1 Å². The lowest BCUT2D eigenvalue weighted by atomic mass is 10.1. The number of amides is 1. The molecule has 0 saturated heterocycles. The fraction of sp³-hybridized carbons (Fsp3) is 0.318. The number of fused-ring (bicyclic) bond motifs is 1. The standard InChI is InChI=1S/C22H24ClNO5/c1-4-24(13-16-6-8-18(27-5-2)19(12-16)26-3)21(25)9-7-15-10-17(23)22-20(11-15)28-14-29-22/h6-12H,4-5,13-14H2,1-3H3/b9-7+. The molecule has 0 saturated carbocycles. The lowest BCUT2D eigenvalue weighted by molar-refractivity contribution is -0.126. The van der Waals surface area contributed by atoms with Gasteiger partial charge in [0.1, 0.15) is 0 Å². The summed E-state index contributed by atoms with van der Waals surface area (Å²) in [5.74, 6) is 2.36. The summed E-state index contributed by atoms with van der Waals surface area (Å²) in [6.45, 7) is 5.60. The first-order chi connectivity index (χ1) is 14.0. The summed E-state index contributed by atoms with van der Waals surface area (Å²) >= 11 is 6.19. The number of nitrogens with zero attached hydrogens (tertiary/aromatic N) is 1. The Labute approximate surface area is 175 Å². The van der Waals surface area contributed by atoms with E-state index in [1.165, 1.54) is 6.08 Å². The van der Waals surface area contributed by atoms with E-state index in [4.69, 9.17) is 30.5 Å². The van der Waals surface area contributed by atoms with Gasteiger partial charge in [0, 0.05) is 19.2 Å². The molecule has 0 N–H and O–H groups in total. The summed E-state index contributed by atoms with van der Waals surface area (Å²) in [4.78, 5) is 14.4. The molecule has 1 aliphatic heterocycles. The predicted octanol–water partition coefficient (Wildman–Crippen LogP) is 4.54. The molecule has 0 bridgehead atoms. The third-order valence-corrected chi connectivity index (χ3v) is 4.74. The number of carbonyl (C=O) groups excluding carboxylic acids is 1. The van der Waals surface area contributed by atoms with Crippen molar-refractivity contribution >= 4 is 23.6 Å². The Hall–Kier alpha value is -2.86. The maximum Gasteiger partial charge on any atom is 0.246 e. The van der Waals surface area contributed by atoms with E-state index in [-0.39, 0.29) is 12.7 Å². The normalized spacial score (nSPS) is 12.3. The van der Waals surface area contributed by atoms with E-state index in [2.05, 4.69) is 0 Å². The van der Waals surface area contributed by atoms with Crippen LogP contribution < -0.4 is 18.9 Å². The Kier molecular flexibility index (Phi) is 6.88. The smallest absolute Gasteiger partial charge is 0.246 e. The molecule has 2 aromatic rings. The molecular weight excluding hydrogens is 394 g/mol. The molecule has 0 fully saturated rings. The van der Waals surface area contributed by atoms with Crippen LogP contribution in [0.3, 0.4) is 0 Å². The highest BCUT2D eigenvalue weighted by Crippen LogP contribution is 2.40. The van der Waals surface area contributed by atoms with Gasteiger partial charge in [0.2, 0.25) is 12.7 Å². The summed E-state index contributed by atoms with van der Waals surface area (Å²) < 4.78 is 21.6. The highest BCUT2D eigenvalue weighted by molar-refractivity contribution is 6.32. The van der Waals surface area contributed by atoms with E-state index in [1.807, 2.05) is 32.0 Å². The lowest BCUT2D eigenvalue weighted by Crippen LogP contribution is -2.28. The zero-order chi connectivity index (χ0) is 20.8. The Morgan fingerprint density at radius 3 is 2.76 bits per heavy atom. The maximum atomic E-state index is 12.7. The van der Waals surface area contributed by atoms with Gasteiger partial charge in [0.05, 0.1) is 18.7 Å². The monoisotopic (exact) mass is 417 g/mol. The van der Waals surface area contributed by atoms with Gasteiger partial charge in [0.15, 0.2) is 23.0 Å². The van der Waals surface area contributed by atoms with Gasteiger partial charge in [-0.2, -0.15) is 0 Å². The third kappa shape index (κ3) is 4.95. The van der Waals surface area contributed by atoms with Crippen LogP contribution in [0, 0.1) is 0 Å². The molecule has 29 heavy (non-hydrogen) atoms. The highest BCUT2D eigenvalue weighted by Gasteiger charge is 2.18. The number of carbonyl (C=O) groups is 1. The number of ether oxygens (including phenoxy) is 4. The van der Waals surface area contributed by atoms with Crippen molar-refractivity contribution in [2.75, 3.05) is 27.1 Å². The minimum atomic E-state index is -0.103. The zero-order valence-corrected chi connectivity index (χ0v) is 17.5. The van der Waals surface area contributed by atoms with Gasteiger partial charge in [0.25, 0.3) is 0 Å². The van der Waals surface area contributed by atoms with Crippen LogP contribution in [-0.4, -0.2) is 37.9 Å². The van der Waals surface area contributed by atoms with Crippen LogP contribution in [0.15, 0.2) is 36.4 Å². The van der Waals surface area contributed by atoms with Gasteiger partial charge in [-0.15, -0.1) is 0 Å². The van der Waals surface area contributed by atoms with Gasteiger partial charge in [-0.25, -0.2) is 0 Å². The molecule has 0 atom stereocenters. The number of halogens is 1. The Morgan fingerprint density at radius 1 is 1.21 bits per heavy atom. The first-order valence-corrected chi connectivity index (χ1v) is 9.79. The van der Waals surface area contributed by atoms with E-state index >= 15 is 0 Å². The first-order valence-electron chi connectivity index (χ1n) is 9.41. The van der Waals surface area contributed by atoms with Gasteiger partial charge < -0.3 is 23.8 Å². The second kappa shape index (κ2) is 9.56. The average molecular weight is 418 g/mol. The summed E-state index contributed by atoms with van der Waals surface area (Å²) in [5, 5.41) is 0.459. The van der Waals surface area contributed by atoms with Crippen LogP contribution in [0.4, 0.5) is 0 Å². The van der Waals surface area contributed by atoms with Crippen molar-refractivity contribution in [2.24, 2.45) is 0 Å². The maximum absolute atomic E-state index is 12.7. The molecule has 1 heterocycles. The molecule has 1 aliphatic rings. The van der Waals surface area contributed by atoms with Crippen molar-refractivity contribution in [1.29, 1.82) is 0 Å². The topological polar surface area (TPSA) is 57.2 Å². The van der Waals surface area contributed by atoms with Gasteiger partial charge in [-0.1, -0.05) is 17.7 Å².